The van der Waals surface area contributed by atoms with Gasteiger partial charge in [0.25, 0.3) is 0 Å². The maximum atomic E-state index is 12.5. The van der Waals surface area contributed by atoms with Crippen LogP contribution >= 0.6 is 0 Å². The van der Waals surface area contributed by atoms with Crippen LogP contribution in [0.4, 0.5) is 5.82 Å². The fourth-order valence-corrected chi connectivity index (χ4v) is 6.59. The maximum Gasteiger partial charge on any atom is 0.216 e. The van der Waals surface area contributed by atoms with Gasteiger partial charge in [-0.05, 0) is 43.6 Å². The Morgan fingerprint density at radius 2 is 1.92 bits per heavy atom. The van der Waals surface area contributed by atoms with E-state index in [9.17, 15) is 8.42 Å². The second-order valence-corrected chi connectivity index (χ2v) is 9.97. The summed E-state index contributed by atoms with van der Waals surface area (Å²) in [7, 11) is -0.927. The number of nitrogens with one attached hydrogen (secondary N) is 1. The van der Waals surface area contributed by atoms with Crippen LogP contribution in [0.25, 0.3) is 11.0 Å². The van der Waals surface area contributed by atoms with E-state index < -0.39 is 10.0 Å². The van der Waals surface area contributed by atoms with E-state index in [4.69, 9.17) is 0 Å². The zero-order valence-electron chi connectivity index (χ0n) is 14.3. The summed E-state index contributed by atoms with van der Waals surface area (Å²) >= 11 is 0. The number of anilines is 1. The van der Waals surface area contributed by atoms with E-state index in [-0.39, 0.29) is 5.25 Å². The lowest BCUT2D eigenvalue weighted by molar-refractivity contribution is 0.432. The highest BCUT2D eigenvalue weighted by Gasteiger charge is 2.49. The Kier molecular flexibility index (Phi) is 3.37. The third kappa shape index (κ3) is 2.45. The van der Waals surface area contributed by atoms with Crippen molar-refractivity contribution in [2.75, 3.05) is 25.0 Å². The molecule has 5 rings (SSSR count). The summed E-state index contributed by atoms with van der Waals surface area (Å²) in [5.41, 5.74) is 0.858. The number of hydrogen-bond donors (Lipinski definition) is 1. The van der Waals surface area contributed by atoms with Crippen molar-refractivity contribution >= 4 is 26.9 Å². The number of hydrogen-bond acceptors (Lipinski definition) is 5. The molecule has 8 heteroatoms. The van der Waals surface area contributed by atoms with Crippen LogP contribution in [0.1, 0.15) is 25.7 Å². The second-order valence-electron chi connectivity index (χ2n) is 7.75. The van der Waals surface area contributed by atoms with E-state index in [0.29, 0.717) is 31.0 Å². The van der Waals surface area contributed by atoms with Crippen molar-refractivity contribution in [3.8, 4) is 0 Å². The first-order valence-corrected chi connectivity index (χ1v) is 10.5. The fourth-order valence-electron chi connectivity index (χ4n) is 4.64. The van der Waals surface area contributed by atoms with Gasteiger partial charge in [-0.15, -0.1) is 0 Å². The first kappa shape index (κ1) is 15.6. The maximum absolute atomic E-state index is 12.5. The Labute approximate surface area is 147 Å². The average molecular weight is 361 g/mol. The third-order valence-electron chi connectivity index (χ3n) is 6.21. The summed E-state index contributed by atoms with van der Waals surface area (Å²) in [6.45, 7) is 1.41. The van der Waals surface area contributed by atoms with Crippen LogP contribution in [-0.4, -0.2) is 59.1 Å². The molecule has 0 bridgehead atoms. The molecule has 0 radical (unpaired) electrons. The van der Waals surface area contributed by atoms with Gasteiger partial charge in [0.05, 0.1) is 10.6 Å². The van der Waals surface area contributed by atoms with Crippen LogP contribution in [-0.2, 0) is 10.0 Å². The van der Waals surface area contributed by atoms with Crippen molar-refractivity contribution in [2.45, 2.75) is 37.0 Å². The summed E-state index contributed by atoms with van der Waals surface area (Å²) in [5.74, 6) is 1.91. The summed E-state index contributed by atoms with van der Waals surface area (Å²) in [5, 5.41) is 0.952. The summed E-state index contributed by atoms with van der Waals surface area (Å²) < 4.78 is 26.7. The van der Waals surface area contributed by atoms with Gasteiger partial charge in [0.2, 0.25) is 10.0 Å². The number of H-pyrrole nitrogens is 1. The monoisotopic (exact) mass is 361 g/mol. The minimum atomic E-state index is -3.02. The van der Waals surface area contributed by atoms with Crippen LogP contribution in [0.5, 0.6) is 0 Å². The number of sulfonamides is 1. The van der Waals surface area contributed by atoms with Crippen molar-refractivity contribution in [3.05, 3.63) is 18.6 Å². The van der Waals surface area contributed by atoms with E-state index in [1.165, 1.54) is 0 Å². The molecule has 7 nitrogen and oxygen atoms in total. The van der Waals surface area contributed by atoms with Gasteiger partial charge in [-0.3, -0.25) is 0 Å². The first-order valence-electron chi connectivity index (χ1n) is 9.04. The lowest BCUT2D eigenvalue weighted by atomic mass is 10.0. The van der Waals surface area contributed by atoms with Crippen LogP contribution in [0.2, 0.25) is 0 Å². The number of nitrogens with zero attached hydrogens (tertiary/aromatic N) is 4. The number of rotatable bonds is 4. The van der Waals surface area contributed by atoms with E-state index in [2.05, 4.69) is 26.9 Å². The summed E-state index contributed by atoms with van der Waals surface area (Å²) in [6.07, 6.45) is 7.26. The van der Waals surface area contributed by atoms with E-state index in [1.807, 2.05) is 12.3 Å². The first-order chi connectivity index (χ1) is 12.0. The van der Waals surface area contributed by atoms with Gasteiger partial charge in [0, 0.05) is 32.4 Å². The Morgan fingerprint density at radius 3 is 2.60 bits per heavy atom. The second kappa shape index (κ2) is 5.41. The van der Waals surface area contributed by atoms with Crippen molar-refractivity contribution in [2.24, 2.45) is 11.8 Å². The van der Waals surface area contributed by atoms with Gasteiger partial charge in [-0.2, -0.15) is 0 Å². The average Bonchev–Trinajstić information content (AvgIpc) is 3.03. The van der Waals surface area contributed by atoms with E-state index >= 15 is 0 Å². The van der Waals surface area contributed by atoms with Crippen molar-refractivity contribution < 1.29 is 8.42 Å². The molecular weight excluding hydrogens is 338 g/mol. The Bertz CT molecular complexity index is 893. The number of aromatic amines is 1. The number of fused-ring (bicyclic) bond motifs is 2. The quantitative estimate of drug-likeness (QED) is 0.894. The molecule has 2 aliphatic carbocycles. The molecule has 2 aromatic heterocycles. The molecule has 3 heterocycles. The molecule has 2 saturated carbocycles. The van der Waals surface area contributed by atoms with Crippen LogP contribution in [0, 0.1) is 11.8 Å². The molecule has 2 aromatic rings. The van der Waals surface area contributed by atoms with Gasteiger partial charge in [-0.25, -0.2) is 22.7 Å². The molecule has 1 aliphatic heterocycles. The Hall–Kier alpha value is -1.67. The highest BCUT2D eigenvalue weighted by molar-refractivity contribution is 7.90. The lowest BCUT2D eigenvalue weighted by Gasteiger charge is -2.27. The van der Waals surface area contributed by atoms with Crippen LogP contribution < -0.4 is 4.90 Å². The van der Waals surface area contributed by atoms with E-state index in [1.54, 1.807) is 10.6 Å². The SMILES string of the molecule is CN(c1ncnc2[nH]ccc12)C1C[C@@H]2CN(S(=O)(=O)C3CC3)C[C@@H]2C1. The van der Waals surface area contributed by atoms with E-state index in [0.717, 1.165) is 42.5 Å². The molecule has 3 fully saturated rings. The molecule has 0 amide bonds. The predicted octanol–water partition coefficient (Wildman–Crippen LogP) is 1.60. The van der Waals surface area contributed by atoms with Crippen LogP contribution in [0.3, 0.4) is 0 Å². The smallest absolute Gasteiger partial charge is 0.216 e. The van der Waals surface area contributed by atoms with Gasteiger partial charge >= 0.3 is 0 Å². The van der Waals surface area contributed by atoms with Gasteiger partial charge in [0.1, 0.15) is 17.8 Å². The van der Waals surface area contributed by atoms with Crippen molar-refractivity contribution in [1.82, 2.24) is 19.3 Å². The molecule has 1 unspecified atom stereocenters. The normalized spacial score (nSPS) is 30.0. The molecule has 25 heavy (non-hydrogen) atoms. The number of aromatic nitrogens is 3. The zero-order chi connectivity index (χ0) is 17.2. The molecule has 3 atom stereocenters. The van der Waals surface area contributed by atoms with Gasteiger partial charge in [-0.1, -0.05) is 0 Å². The highest BCUT2D eigenvalue weighted by atomic mass is 32.2. The minimum absolute atomic E-state index is 0.0901. The molecule has 3 aliphatic rings. The third-order valence-corrected chi connectivity index (χ3v) is 8.54. The summed E-state index contributed by atoms with van der Waals surface area (Å²) in [4.78, 5) is 14.1. The van der Waals surface area contributed by atoms with Gasteiger partial charge < -0.3 is 9.88 Å². The predicted molar refractivity (Wildman–Crippen MR) is 95.8 cm³/mol. The molecule has 0 spiro atoms. The Balaban J connectivity index is 1.32. The largest absolute Gasteiger partial charge is 0.356 e. The van der Waals surface area contributed by atoms with Crippen molar-refractivity contribution in [1.29, 1.82) is 0 Å². The van der Waals surface area contributed by atoms with Crippen LogP contribution in [0.15, 0.2) is 18.6 Å². The lowest BCUT2D eigenvalue weighted by Crippen LogP contribution is -2.35. The molecule has 0 aromatic carbocycles. The Morgan fingerprint density at radius 1 is 1.20 bits per heavy atom. The van der Waals surface area contributed by atoms with Crippen molar-refractivity contribution in [3.63, 3.8) is 0 Å². The topological polar surface area (TPSA) is 82.2 Å². The van der Waals surface area contributed by atoms with Gasteiger partial charge in [0.15, 0.2) is 0 Å². The standard InChI is InChI=1S/C17H23N5O2S/c1-21(17-15-4-5-18-16(15)19-10-20-17)13-6-11-8-22(9-12(11)7-13)25(23,24)14-2-3-14/h4-5,10-14H,2-3,6-9H2,1H3,(H,18,19,20)/t11-,12+,13?. The zero-order valence-corrected chi connectivity index (χ0v) is 15.1. The molecule has 1 saturated heterocycles. The highest BCUT2D eigenvalue weighted by Crippen LogP contribution is 2.44. The fraction of sp³-hybridized carbons (Fsp3) is 0.647. The summed E-state index contributed by atoms with van der Waals surface area (Å²) in [6, 6.07) is 2.43. The minimum Gasteiger partial charge on any atom is -0.356 e. The molecule has 134 valence electrons. The molecule has 1 N–H and O–H groups in total. The molecular formula is C17H23N5O2S.